The van der Waals surface area contributed by atoms with Crippen molar-refractivity contribution in [3.05, 3.63) is 48.5 Å². The third kappa shape index (κ3) is 4.60. The number of carbonyl (C=O) groups is 2. The number of rotatable bonds is 6. The molecule has 0 aliphatic rings. The first-order valence-corrected chi connectivity index (χ1v) is 6.17. The summed E-state index contributed by atoms with van der Waals surface area (Å²) in [7, 11) is 0. The minimum Gasteiger partial charge on any atom is -0.480 e. The summed E-state index contributed by atoms with van der Waals surface area (Å²) in [6.45, 7) is 0.0398. The lowest BCUT2D eigenvalue weighted by Gasteiger charge is -2.14. The molecule has 110 valence electrons. The first-order valence-electron chi connectivity index (χ1n) is 6.17. The highest BCUT2D eigenvalue weighted by atomic mass is 16.5. The zero-order chi connectivity index (χ0) is 15.1. The van der Waals surface area contributed by atoms with Gasteiger partial charge < -0.3 is 15.2 Å². The molecule has 1 aromatic carbocycles. The standard InChI is InChI=1S/C13H14N4O4/c18-12(19)11(6-17-9-14-8-15-17)16-13(20)21-7-10-4-2-1-3-5-10/h1-5,8-9,11H,6-7H2,(H,16,20)(H,18,19)/t11-/m1/s1. The number of amides is 1. The molecule has 0 saturated carbocycles. The molecule has 1 aromatic heterocycles. The summed E-state index contributed by atoms with van der Waals surface area (Å²) in [4.78, 5) is 26.4. The molecule has 2 aromatic rings. The fraction of sp³-hybridized carbons (Fsp3) is 0.231. The average Bonchev–Trinajstić information content (AvgIpc) is 2.98. The molecule has 21 heavy (non-hydrogen) atoms. The number of hydrogen-bond acceptors (Lipinski definition) is 5. The van der Waals surface area contributed by atoms with Crippen LogP contribution in [0, 0.1) is 0 Å². The van der Waals surface area contributed by atoms with E-state index >= 15 is 0 Å². The molecule has 0 unspecified atom stereocenters. The number of aliphatic carboxylic acids is 1. The van der Waals surface area contributed by atoms with Gasteiger partial charge in [0.15, 0.2) is 0 Å². The minimum absolute atomic E-state index is 0.0320. The zero-order valence-electron chi connectivity index (χ0n) is 11.0. The Bertz CT molecular complexity index is 585. The molecule has 0 saturated heterocycles. The largest absolute Gasteiger partial charge is 0.480 e. The van der Waals surface area contributed by atoms with E-state index in [-0.39, 0.29) is 13.2 Å². The van der Waals surface area contributed by atoms with Gasteiger partial charge >= 0.3 is 12.1 Å². The molecule has 1 amide bonds. The molecule has 0 fully saturated rings. The Morgan fingerprint density at radius 3 is 2.71 bits per heavy atom. The van der Waals surface area contributed by atoms with Crippen molar-refractivity contribution in [1.29, 1.82) is 0 Å². The fourth-order valence-electron chi connectivity index (χ4n) is 1.61. The zero-order valence-corrected chi connectivity index (χ0v) is 11.0. The lowest BCUT2D eigenvalue weighted by molar-refractivity contribution is -0.139. The molecule has 1 heterocycles. The van der Waals surface area contributed by atoms with Crippen LogP contribution in [0.25, 0.3) is 0 Å². The number of carbonyl (C=O) groups excluding carboxylic acids is 1. The van der Waals surface area contributed by atoms with Gasteiger partial charge in [0.1, 0.15) is 25.3 Å². The van der Waals surface area contributed by atoms with Gasteiger partial charge in [0.05, 0.1) is 6.54 Å². The highest BCUT2D eigenvalue weighted by Gasteiger charge is 2.21. The maximum absolute atomic E-state index is 11.6. The molecule has 0 spiro atoms. The molecule has 2 N–H and O–H groups in total. The van der Waals surface area contributed by atoms with Gasteiger partial charge in [-0.05, 0) is 5.56 Å². The molecule has 8 heteroatoms. The van der Waals surface area contributed by atoms with Crippen molar-refractivity contribution in [2.45, 2.75) is 19.2 Å². The predicted octanol–water partition coefficient (Wildman–Crippen LogP) is 0.658. The fourth-order valence-corrected chi connectivity index (χ4v) is 1.61. The number of alkyl carbamates (subject to hydrolysis) is 1. The second kappa shape index (κ2) is 7.04. The number of carboxylic acids is 1. The highest BCUT2D eigenvalue weighted by molar-refractivity contribution is 5.79. The van der Waals surface area contributed by atoms with Crippen molar-refractivity contribution < 1.29 is 19.4 Å². The van der Waals surface area contributed by atoms with Crippen LogP contribution in [0.5, 0.6) is 0 Å². The summed E-state index contributed by atoms with van der Waals surface area (Å²) >= 11 is 0. The van der Waals surface area contributed by atoms with Gasteiger partial charge in [-0.2, -0.15) is 5.10 Å². The number of nitrogens with one attached hydrogen (secondary N) is 1. The van der Waals surface area contributed by atoms with E-state index in [4.69, 9.17) is 9.84 Å². The van der Waals surface area contributed by atoms with Crippen LogP contribution < -0.4 is 5.32 Å². The number of ether oxygens (including phenoxy) is 1. The van der Waals surface area contributed by atoms with E-state index in [9.17, 15) is 9.59 Å². The third-order valence-corrected chi connectivity index (χ3v) is 2.64. The van der Waals surface area contributed by atoms with Crippen LogP contribution in [0.3, 0.4) is 0 Å². The molecule has 0 radical (unpaired) electrons. The van der Waals surface area contributed by atoms with Gasteiger partial charge in [0, 0.05) is 0 Å². The second-order valence-corrected chi connectivity index (χ2v) is 4.21. The van der Waals surface area contributed by atoms with Crippen molar-refractivity contribution in [2.24, 2.45) is 0 Å². The van der Waals surface area contributed by atoms with Crippen LogP contribution in [0.4, 0.5) is 4.79 Å². The van der Waals surface area contributed by atoms with Crippen LogP contribution in [-0.2, 0) is 22.7 Å². The van der Waals surface area contributed by atoms with E-state index in [0.29, 0.717) is 0 Å². The Labute approximate surface area is 120 Å². The van der Waals surface area contributed by atoms with Gasteiger partial charge in [0.25, 0.3) is 0 Å². The minimum atomic E-state index is -1.18. The summed E-state index contributed by atoms with van der Waals surface area (Å²) in [6, 6.07) is 7.95. The number of aromatic nitrogens is 3. The number of carboxylic acid groups (broad SMARTS) is 1. The molecule has 0 aliphatic carbocycles. The monoisotopic (exact) mass is 290 g/mol. The first kappa shape index (κ1) is 14.5. The number of hydrogen-bond donors (Lipinski definition) is 2. The highest BCUT2D eigenvalue weighted by Crippen LogP contribution is 2.01. The number of nitrogens with zero attached hydrogens (tertiary/aromatic N) is 3. The Balaban J connectivity index is 1.85. The van der Waals surface area contributed by atoms with Crippen molar-refractivity contribution in [3.63, 3.8) is 0 Å². The van der Waals surface area contributed by atoms with Gasteiger partial charge in [0.2, 0.25) is 0 Å². The van der Waals surface area contributed by atoms with Crippen molar-refractivity contribution in [3.8, 4) is 0 Å². The summed E-state index contributed by atoms with van der Waals surface area (Å²) in [5, 5.41) is 15.1. The molecule has 0 bridgehead atoms. The van der Waals surface area contributed by atoms with Crippen LogP contribution in [-0.4, -0.2) is 38.0 Å². The molecular weight excluding hydrogens is 276 g/mol. The molecule has 2 rings (SSSR count). The average molecular weight is 290 g/mol. The molecular formula is C13H14N4O4. The smallest absolute Gasteiger partial charge is 0.408 e. The Kier molecular flexibility index (Phi) is 4.86. The predicted molar refractivity (Wildman–Crippen MR) is 71.2 cm³/mol. The van der Waals surface area contributed by atoms with Crippen LogP contribution in [0.1, 0.15) is 5.56 Å². The van der Waals surface area contributed by atoms with E-state index in [1.165, 1.54) is 17.3 Å². The van der Waals surface area contributed by atoms with Crippen molar-refractivity contribution in [2.75, 3.05) is 0 Å². The molecule has 1 atom stereocenters. The van der Waals surface area contributed by atoms with E-state index < -0.39 is 18.1 Å². The Morgan fingerprint density at radius 2 is 2.10 bits per heavy atom. The Hall–Kier alpha value is -2.90. The van der Waals surface area contributed by atoms with Gasteiger partial charge in [-0.15, -0.1) is 0 Å². The summed E-state index contributed by atoms with van der Waals surface area (Å²) in [5.74, 6) is -1.18. The lowest BCUT2D eigenvalue weighted by atomic mass is 10.2. The molecule has 8 nitrogen and oxygen atoms in total. The summed E-state index contributed by atoms with van der Waals surface area (Å²) < 4.78 is 6.28. The lowest BCUT2D eigenvalue weighted by Crippen LogP contribution is -2.44. The van der Waals surface area contributed by atoms with E-state index in [1.54, 1.807) is 12.1 Å². The van der Waals surface area contributed by atoms with Gasteiger partial charge in [-0.1, -0.05) is 30.3 Å². The van der Waals surface area contributed by atoms with Gasteiger partial charge in [-0.3, -0.25) is 4.68 Å². The van der Waals surface area contributed by atoms with Crippen LogP contribution in [0.2, 0.25) is 0 Å². The normalized spacial score (nSPS) is 11.6. The van der Waals surface area contributed by atoms with E-state index in [0.717, 1.165) is 5.56 Å². The van der Waals surface area contributed by atoms with Crippen LogP contribution in [0.15, 0.2) is 43.0 Å². The Morgan fingerprint density at radius 1 is 1.33 bits per heavy atom. The first-order chi connectivity index (χ1) is 10.1. The topological polar surface area (TPSA) is 106 Å². The van der Waals surface area contributed by atoms with Crippen molar-refractivity contribution in [1.82, 2.24) is 20.1 Å². The quantitative estimate of drug-likeness (QED) is 0.809. The second-order valence-electron chi connectivity index (χ2n) is 4.21. The third-order valence-electron chi connectivity index (χ3n) is 2.64. The van der Waals surface area contributed by atoms with Crippen molar-refractivity contribution >= 4 is 12.1 Å². The van der Waals surface area contributed by atoms with E-state index in [1.807, 2.05) is 18.2 Å². The summed E-state index contributed by atoms with van der Waals surface area (Å²) in [6.07, 6.45) is 1.85. The maximum Gasteiger partial charge on any atom is 0.408 e. The maximum atomic E-state index is 11.6. The van der Waals surface area contributed by atoms with Crippen LogP contribution >= 0.6 is 0 Å². The summed E-state index contributed by atoms with van der Waals surface area (Å²) in [5.41, 5.74) is 0.816. The molecule has 0 aliphatic heterocycles. The SMILES string of the molecule is O=C(N[C@H](Cn1cncn1)C(=O)O)OCc1ccccc1. The number of benzene rings is 1. The van der Waals surface area contributed by atoms with Gasteiger partial charge in [-0.25, -0.2) is 14.6 Å². The van der Waals surface area contributed by atoms with E-state index in [2.05, 4.69) is 15.4 Å².